The molecule has 3 nitrogen and oxygen atoms in total. The maximum atomic E-state index is 2.45. The van der Waals surface area contributed by atoms with Crippen molar-refractivity contribution in [2.45, 2.75) is 6.92 Å². The minimum absolute atomic E-state index is 1.15. The van der Waals surface area contributed by atoms with Gasteiger partial charge in [0.25, 0.3) is 0 Å². The Balaban J connectivity index is 1.27. The molecule has 10 aromatic rings. The van der Waals surface area contributed by atoms with E-state index in [4.69, 9.17) is 0 Å². The van der Waals surface area contributed by atoms with E-state index in [1.807, 2.05) is 0 Å². The summed E-state index contributed by atoms with van der Waals surface area (Å²) in [6.07, 6.45) is 0. The van der Waals surface area contributed by atoms with Gasteiger partial charge in [0, 0.05) is 38.0 Å². The highest BCUT2D eigenvalue weighted by Crippen LogP contribution is 2.40. The van der Waals surface area contributed by atoms with Gasteiger partial charge in [-0.15, -0.1) is 0 Å². The van der Waals surface area contributed by atoms with E-state index in [9.17, 15) is 0 Å². The van der Waals surface area contributed by atoms with E-state index in [-0.39, 0.29) is 0 Å². The zero-order valence-electron chi connectivity index (χ0n) is 25.4. The van der Waals surface area contributed by atoms with Crippen molar-refractivity contribution in [2.75, 3.05) is 0 Å². The van der Waals surface area contributed by atoms with E-state index in [1.165, 1.54) is 76.7 Å². The Kier molecular flexibility index (Phi) is 5.20. The summed E-state index contributed by atoms with van der Waals surface area (Å²) < 4.78 is 7.29. The number of hydrogen-bond acceptors (Lipinski definition) is 0. The molecular formula is C43H29N3. The topological polar surface area (TPSA) is 14.8 Å². The Morgan fingerprint density at radius 2 is 0.674 bits per heavy atom. The summed E-state index contributed by atoms with van der Waals surface area (Å²) in [4.78, 5) is 0. The van der Waals surface area contributed by atoms with Gasteiger partial charge in [-0.3, -0.25) is 0 Å². The van der Waals surface area contributed by atoms with Gasteiger partial charge in [0.05, 0.1) is 44.5 Å². The van der Waals surface area contributed by atoms with Crippen molar-refractivity contribution in [3.63, 3.8) is 0 Å². The third-order valence-corrected chi connectivity index (χ3v) is 9.69. The lowest BCUT2D eigenvalue weighted by molar-refractivity contribution is 1.09. The number of aromatic nitrogens is 3. The van der Waals surface area contributed by atoms with Crippen LogP contribution >= 0.6 is 0 Å². The fourth-order valence-corrected chi connectivity index (χ4v) is 7.75. The molecule has 0 aliphatic carbocycles. The average molecular weight is 588 g/mol. The lowest BCUT2D eigenvalue weighted by Crippen LogP contribution is -2.03. The van der Waals surface area contributed by atoms with Crippen LogP contribution in [0.5, 0.6) is 0 Å². The number of aryl methyl sites for hydroxylation is 1. The Labute approximate surface area is 265 Å². The second-order valence-corrected chi connectivity index (χ2v) is 12.3. The molecule has 0 radical (unpaired) electrons. The van der Waals surface area contributed by atoms with E-state index in [2.05, 4.69) is 178 Å². The first-order valence-electron chi connectivity index (χ1n) is 15.9. The SMILES string of the molecule is Cc1ccc2c(c1)c1ccccc1n2-c1ccc2c(c1)c1ccccc1n2-c1ccccc1-n1c2ccccc2c2ccccc21. The summed E-state index contributed by atoms with van der Waals surface area (Å²) in [7, 11) is 0. The van der Waals surface area contributed by atoms with Gasteiger partial charge in [-0.25, -0.2) is 0 Å². The van der Waals surface area contributed by atoms with Gasteiger partial charge < -0.3 is 13.7 Å². The molecule has 3 heterocycles. The van der Waals surface area contributed by atoms with Crippen molar-refractivity contribution in [3.05, 3.63) is 163 Å². The molecule has 0 bridgehead atoms. The van der Waals surface area contributed by atoms with Gasteiger partial charge in [0.2, 0.25) is 0 Å². The predicted octanol–water partition coefficient (Wildman–Crippen LogP) is 11.3. The first kappa shape index (κ1) is 25.3. The summed E-state index contributed by atoms with van der Waals surface area (Å²) in [6, 6.07) is 57.6. The first-order valence-corrected chi connectivity index (χ1v) is 15.9. The van der Waals surface area contributed by atoms with E-state index < -0.39 is 0 Å². The van der Waals surface area contributed by atoms with Crippen LogP contribution in [0.25, 0.3) is 82.5 Å². The number of benzene rings is 7. The largest absolute Gasteiger partial charge is 0.309 e. The molecule has 0 saturated carbocycles. The van der Waals surface area contributed by atoms with E-state index in [1.54, 1.807) is 0 Å². The molecule has 0 fully saturated rings. The molecule has 0 atom stereocenters. The van der Waals surface area contributed by atoms with E-state index in [0.717, 1.165) is 11.4 Å². The van der Waals surface area contributed by atoms with Gasteiger partial charge in [-0.2, -0.15) is 0 Å². The number of hydrogen-bond donors (Lipinski definition) is 0. The molecule has 0 aliphatic heterocycles. The minimum atomic E-state index is 1.15. The number of nitrogens with zero attached hydrogens (tertiary/aromatic N) is 3. The van der Waals surface area contributed by atoms with Crippen molar-refractivity contribution >= 4 is 65.4 Å². The van der Waals surface area contributed by atoms with Crippen LogP contribution in [0.4, 0.5) is 0 Å². The van der Waals surface area contributed by atoms with Gasteiger partial charge >= 0.3 is 0 Å². The van der Waals surface area contributed by atoms with Gasteiger partial charge in [0.15, 0.2) is 0 Å². The normalized spacial score (nSPS) is 12.0. The molecule has 216 valence electrons. The van der Waals surface area contributed by atoms with Crippen LogP contribution in [0.2, 0.25) is 0 Å². The van der Waals surface area contributed by atoms with Crippen LogP contribution in [0, 0.1) is 6.92 Å². The second kappa shape index (κ2) is 9.47. The Morgan fingerprint density at radius 1 is 0.304 bits per heavy atom. The maximum Gasteiger partial charge on any atom is 0.0702 e. The molecule has 0 amide bonds. The number of para-hydroxylation sites is 6. The molecule has 3 aromatic heterocycles. The number of fused-ring (bicyclic) bond motifs is 9. The average Bonchev–Trinajstić information content (AvgIpc) is 3.73. The summed E-state index contributed by atoms with van der Waals surface area (Å²) in [5.74, 6) is 0. The van der Waals surface area contributed by atoms with Crippen molar-refractivity contribution in [3.8, 4) is 17.1 Å². The molecule has 0 spiro atoms. The fraction of sp³-hybridized carbons (Fsp3) is 0.0233. The van der Waals surface area contributed by atoms with E-state index in [0.29, 0.717) is 0 Å². The highest BCUT2D eigenvalue weighted by Gasteiger charge is 2.20. The minimum Gasteiger partial charge on any atom is -0.309 e. The Hall–Kier alpha value is -6.06. The van der Waals surface area contributed by atoms with Crippen molar-refractivity contribution < 1.29 is 0 Å². The predicted molar refractivity (Wildman–Crippen MR) is 194 cm³/mol. The Bertz CT molecular complexity index is 2770. The fourth-order valence-electron chi connectivity index (χ4n) is 7.75. The highest BCUT2D eigenvalue weighted by atomic mass is 15.1. The molecular weight excluding hydrogens is 558 g/mol. The van der Waals surface area contributed by atoms with Gasteiger partial charge in [0.1, 0.15) is 0 Å². The molecule has 46 heavy (non-hydrogen) atoms. The summed E-state index contributed by atoms with van der Waals surface area (Å²) >= 11 is 0. The van der Waals surface area contributed by atoms with Crippen LogP contribution in [0.3, 0.4) is 0 Å². The highest BCUT2D eigenvalue weighted by molar-refractivity contribution is 6.13. The smallest absolute Gasteiger partial charge is 0.0702 e. The van der Waals surface area contributed by atoms with Crippen LogP contribution < -0.4 is 0 Å². The van der Waals surface area contributed by atoms with Crippen LogP contribution in [0.15, 0.2) is 158 Å². The van der Waals surface area contributed by atoms with Crippen LogP contribution in [-0.2, 0) is 0 Å². The van der Waals surface area contributed by atoms with Crippen molar-refractivity contribution in [1.82, 2.24) is 13.7 Å². The summed E-state index contributed by atoms with van der Waals surface area (Å²) in [5, 5.41) is 7.58. The van der Waals surface area contributed by atoms with Crippen LogP contribution in [0.1, 0.15) is 5.56 Å². The zero-order chi connectivity index (χ0) is 30.4. The molecule has 0 N–H and O–H groups in total. The molecule has 0 unspecified atom stereocenters. The van der Waals surface area contributed by atoms with Gasteiger partial charge in [-0.05, 0) is 73.7 Å². The molecule has 7 aromatic carbocycles. The molecule has 0 saturated heterocycles. The second-order valence-electron chi connectivity index (χ2n) is 12.3. The lowest BCUT2D eigenvalue weighted by atomic mass is 10.1. The molecule has 3 heteroatoms. The summed E-state index contributed by atoms with van der Waals surface area (Å²) in [6.45, 7) is 2.17. The Morgan fingerprint density at radius 3 is 1.22 bits per heavy atom. The van der Waals surface area contributed by atoms with Crippen LogP contribution in [-0.4, -0.2) is 13.7 Å². The monoisotopic (exact) mass is 587 g/mol. The molecule has 10 rings (SSSR count). The van der Waals surface area contributed by atoms with E-state index >= 15 is 0 Å². The molecule has 0 aliphatic rings. The third kappa shape index (κ3) is 3.43. The summed E-state index contributed by atoms with van der Waals surface area (Å²) in [5.41, 5.74) is 12.0. The zero-order valence-corrected chi connectivity index (χ0v) is 25.4. The quantitative estimate of drug-likeness (QED) is 0.195. The van der Waals surface area contributed by atoms with Crippen molar-refractivity contribution in [2.24, 2.45) is 0 Å². The standard InChI is InChI=1S/C43H29N3/c1-28-22-24-40-34(26-28)32-14-4-6-16-36(32)44(40)29-23-25-41-35(27-29)33-15-5-9-19-39(33)46(41)43-21-11-10-20-42(43)45-37-17-7-2-12-30(37)31-13-3-8-18-38(31)45/h2-27H,1H3. The first-order chi connectivity index (χ1) is 22.8. The van der Waals surface area contributed by atoms with Gasteiger partial charge in [-0.1, -0.05) is 96.6 Å². The lowest BCUT2D eigenvalue weighted by Gasteiger charge is -2.16. The van der Waals surface area contributed by atoms with Crippen molar-refractivity contribution in [1.29, 1.82) is 0 Å². The number of rotatable bonds is 3. The third-order valence-electron chi connectivity index (χ3n) is 9.69. The maximum absolute atomic E-state index is 2.45.